The molecule has 0 N–H and O–H groups in total. The first-order chi connectivity index (χ1) is 15.2. The maximum Gasteiger partial charge on any atom is 0.237 e. The van der Waals surface area contributed by atoms with Crippen LogP contribution in [-0.2, 0) is 11.2 Å². The number of para-hydroxylation sites is 3. The summed E-state index contributed by atoms with van der Waals surface area (Å²) in [5.41, 5.74) is 5.21. The Bertz CT molecular complexity index is 1230. The third-order valence-electron chi connectivity index (χ3n) is 5.45. The molecule has 0 aliphatic carbocycles. The molecule has 0 bridgehead atoms. The molecule has 0 saturated carbocycles. The SMILES string of the molecule is CCOc1ccc(-n2c(SCC(=O)N3CCc4ccccc43)nc3ccccc32)cc1. The van der Waals surface area contributed by atoms with Gasteiger partial charge in [-0.25, -0.2) is 4.98 Å². The van der Waals surface area contributed by atoms with E-state index < -0.39 is 0 Å². The number of ether oxygens (including phenoxy) is 1. The van der Waals surface area contributed by atoms with Gasteiger partial charge in [0, 0.05) is 17.9 Å². The van der Waals surface area contributed by atoms with Crippen molar-refractivity contribution in [3.05, 3.63) is 78.4 Å². The monoisotopic (exact) mass is 429 g/mol. The van der Waals surface area contributed by atoms with Crippen molar-refractivity contribution in [2.45, 2.75) is 18.5 Å². The zero-order chi connectivity index (χ0) is 21.2. The van der Waals surface area contributed by atoms with Crippen LogP contribution in [0.3, 0.4) is 0 Å². The minimum Gasteiger partial charge on any atom is -0.494 e. The lowest BCUT2D eigenvalue weighted by atomic mass is 10.2. The van der Waals surface area contributed by atoms with Crippen LogP contribution in [0.25, 0.3) is 16.7 Å². The third kappa shape index (κ3) is 3.79. The Balaban J connectivity index is 1.42. The van der Waals surface area contributed by atoms with Gasteiger partial charge in [-0.15, -0.1) is 0 Å². The van der Waals surface area contributed by atoms with Gasteiger partial charge in [-0.3, -0.25) is 9.36 Å². The van der Waals surface area contributed by atoms with Crippen molar-refractivity contribution in [2.24, 2.45) is 0 Å². The summed E-state index contributed by atoms with van der Waals surface area (Å²) in [6.45, 7) is 3.35. The molecule has 0 spiro atoms. The van der Waals surface area contributed by atoms with Crippen molar-refractivity contribution >= 4 is 34.4 Å². The van der Waals surface area contributed by atoms with Crippen molar-refractivity contribution in [3.63, 3.8) is 0 Å². The van der Waals surface area contributed by atoms with Gasteiger partial charge in [0.25, 0.3) is 0 Å². The van der Waals surface area contributed by atoms with Gasteiger partial charge in [0.1, 0.15) is 5.75 Å². The number of amides is 1. The van der Waals surface area contributed by atoms with Crippen molar-refractivity contribution < 1.29 is 9.53 Å². The summed E-state index contributed by atoms with van der Waals surface area (Å²) >= 11 is 1.48. The molecule has 5 nitrogen and oxygen atoms in total. The molecule has 0 atom stereocenters. The highest BCUT2D eigenvalue weighted by molar-refractivity contribution is 7.99. The van der Waals surface area contributed by atoms with Gasteiger partial charge in [-0.05, 0) is 61.4 Å². The number of rotatable bonds is 6. The number of hydrogen-bond donors (Lipinski definition) is 0. The Kier molecular flexibility index (Phi) is 5.38. The molecule has 1 amide bonds. The maximum absolute atomic E-state index is 13.0. The van der Waals surface area contributed by atoms with Crippen LogP contribution >= 0.6 is 11.8 Å². The van der Waals surface area contributed by atoms with E-state index in [1.807, 2.05) is 72.5 Å². The predicted molar refractivity (Wildman–Crippen MR) is 125 cm³/mol. The van der Waals surface area contributed by atoms with Crippen LogP contribution in [-0.4, -0.2) is 34.4 Å². The molecule has 3 aromatic carbocycles. The van der Waals surface area contributed by atoms with E-state index in [0.29, 0.717) is 12.4 Å². The van der Waals surface area contributed by atoms with Gasteiger partial charge < -0.3 is 9.64 Å². The average Bonchev–Trinajstić information content (AvgIpc) is 3.40. The van der Waals surface area contributed by atoms with Crippen LogP contribution in [0.1, 0.15) is 12.5 Å². The summed E-state index contributed by atoms with van der Waals surface area (Å²) < 4.78 is 7.69. The molecular formula is C25H23N3O2S. The van der Waals surface area contributed by atoms with Gasteiger partial charge in [0.2, 0.25) is 5.91 Å². The molecule has 0 radical (unpaired) electrons. The number of imidazole rings is 1. The van der Waals surface area contributed by atoms with Gasteiger partial charge in [-0.2, -0.15) is 0 Å². The van der Waals surface area contributed by atoms with Crippen LogP contribution in [0, 0.1) is 0 Å². The number of carbonyl (C=O) groups excluding carboxylic acids is 1. The lowest BCUT2D eigenvalue weighted by Crippen LogP contribution is -2.30. The highest BCUT2D eigenvalue weighted by Crippen LogP contribution is 2.31. The lowest BCUT2D eigenvalue weighted by molar-refractivity contribution is -0.116. The van der Waals surface area contributed by atoms with E-state index in [1.165, 1.54) is 17.3 Å². The summed E-state index contributed by atoms with van der Waals surface area (Å²) in [4.78, 5) is 19.7. The fourth-order valence-corrected chi connectivity index (χ4v) is 4.91. The second-order valence-electron chi connectivity index (χ2n) is 7.36. The topological polar surface area (TPSA) is 47.4 Å². The summed E-state index contributed by atoms with van der Waals surface area (Å²) in [7, 11) is 0. The number of aromatic nitrogens is 2. The Morgan fingerprint density at radius 1 is 1.03 bits per heavy atom. The highest BCUT2D eigenvalue weighted by Gasteiger charge is 2.25. The smallest absolute Gasteiger partial charge is 0.237 e. The number of thioether (sulfide) groups is 1. The molecule has 1 aromatic heterocycles. The van der Waals surface area contributed by atoms with Crippen molar-refractivity contribution in [2.75, 3.05) is 23.8 Å². The summed E-state index contributed by atoms with van der Waals surface area (Å²) in [5, 5.41) is 0.811. The molecule has 0 saturated heterocycles. The van der Waals surface area contributed by atoms with Crippen LogP contribution < -0.4 is 9.64 Å². The first kappa shape index (κ1) is 19.7. The first-order valence-corrected chi connectivity index (χ1v) is 11.4. The van der Waals surface area contributed by atoms with Gasteiger partial charge in [-0.1, -0.05) is 42.1 Å². The third-order valence-corrected chi connectivity index (χ3v) is 6.37. The van der Waals surface area contributed by atoms with Crippen molar-refractivity contribution in [1.82, 2.24) is 9.55 Å². The number of anilines is 1. The standard InChI is InChI=1S/C25H23N3O2S/c1-2-30-20-13-11-19(12-14-20)28-23-10-6-4-8-21(23)26-25(28)31-17-24(29)27-16-15-18-7-3-5-9-22(18)27/h3-14H,2,15-17H2,1H3. The van der Waals surface area contributed by atoms with E-state index in [0.717, 1.165) is 46.3 Å². The Labute approximate surface area is 185 Å². The normalized spacial score (nSPS) is 12.9. The van der Waals surface area contributed by atoms with E-state index >= 15 is 0 Å². The Hall–Kier alpha value is -3.25. The number of benzene rings is 3. The van der Waals surface area contributed by atoms with Gasteiger partial charge in [0.05, 0.1) is 23.4 Å². The molecule has 2 heterocycles. The van der Waals surface area contributed by atoms with E-state index in [9.17, 15) is 4.79 Å². The zero-order valence-electron chi connectivity index (χ0n) is 17.3. The quantitative estimate of drug-likeness (QED) is 0.400. The molecule has 1 aliphatic heterocycles. The number of nitrogens with zero attached hydrogens (tertiary/aromatic N) is 3. The first-order valence-electron chi connectivity index (χ1n) is 10.5. The largest absolute Gasteiger partial charge is 0.494 e. The number of fused-ring (bicyclic) bond motifs is 2. The van der Waals surface area contributed by atoms with E-state index in [4.69, 9.17) is 9.72 Å². The molecular weight excluding hydrogens is 406 g/mol. The zero-order valence-corrected chi connectivity index (χ0v) is 18.1. The van der Waals surface area contributed by atoms with E-state index in [-0.39, 0.29) is 5.91 Å². The van der Waals surface area contributed by atoms with Crippen molar-refractivity contribution in [3.8, 4) is 11.4 Å². The second-order valence-corrected chi connectivity index (χ2v) is 8.30. The maximum atomic E-state index is 13.0. The average molecular weight is 430 g/mol. The van der Waals surface area contributed by atoms with Crippen LogP contribution in [0.5, 0.6) is 5.75 Å². The lowest BCUT2D eigenvalue weighted by Gasteiger charge is -2.17. The summed E-state index contributed by atoms with van der Waals surface area (Å²) in [6, 6.07) is 24.2. The highest BCUT2D eigenvalue weighted by atomic mass is 32.2. The molecule has 0 fully saturated rings. The molecule has 6 heteroatoms. The number of hydrogen-bond acceptors (Lipinski definition) is 4. The molecule has 0 unspecified atom stereocenters. The minimum atomic E-state index is 0.111. The minimum absolute atomic E-state index is 0.111. The van der Waals surface area contributed by atoms with Gasteiger partial charge >= 0.3 is 0 Å². The molecule has 4 aromatic rings. The van der Waals surface area contributed by atoms with Crippen LogP contribution in [0.2, 0.25) is 0 Å². The van der Waals surface area contributed by atoms with Crippen molar-refractivity contribution in [1.29, 1.82) is 0 Å². The summed E-state index contributed by atoms with van der Waals surface area (Å²) in [6.07, 6.45) is 0.914. The Morgan fingerprint density at radius 3 is 2.65 bits per heavy atom. The van der Waals surface area contributed by atoms with E-state index in [2.05, 4.69) is 16.7 Å². The molecule has 1 aliphatic rings. The predicted octanol–water partition coefficient (Wildman–Crippen LogP) is 5.11. The fraction of sp³-hybridized carbons (Fsp3) is 0.200. The number of carbonyl (C=O) groups is 1. The van der Waals surface area contributed by atoms with Crippen LogP contribution in [0.4, 0.5) is 5.69 Å². The second kappa shape index (κ2) is 8.47. The Morgan fingerprint density at radius 2 is 1.81 bits per heavy atom. The molecule has 156 valence electrons. The fourth-order valence-electron chi connectivity index (χ4n) is 4.01. The summed E-state index contributed by atoms with van der Waals surface area (Å²) in [5.74, 6) is 1.29. The van der Waals surface area contributed by atoms with Gasteiger partial charge in [0.15, 0.2) is 5.16 Å². The molecule has 5 rings (SSSR count). The van der Waals surface area contributed by atoms with E-state index in [1.54, 1.807) is 0 Å². The molecule has 31 heavy (non-hydrogen) atoms. The van der Waals surface area contributed by atoms with Crippen LogP contribution in [0.15, 0.2) is 78.0 Å².